The van der Waals surface area contributed by atoms with E-state index in [1.165, 1.54) is 16.9 Å². The van der Waals surface area contributed by atoms with Crippen LogP contribution in [-0.2, 0) is 6.42 Å². The van der Waals surface area contributed by atoms with Crippen LogP contribution >= 0.6 is 11.3 Å². The maximum Gasteiger partial charge on any atom is 0.267 e. The van der Waals surface area contributed by atoms with Crippen molar-refractivity contribution in [2.24, 2.45) is 0 Å². The summed E-state index contributed by atoms with van der Waals surface area (Å²) in [6.45, 7) is 5.99. The first kappa shape index (κ1) is 18.3. The molecule has 0 saturated heterocycles. The summed E-state index contributed by atoms with van der Waals surface area (Å²) in [6.07, 6.45) is 4.16. The Morgan fingerprint density at radius 2 is 2.00 bits per heavy atom. The van der Waals surface area contributed by atoms with Gasteiger partial charge in [0.05, 0.1) is 28.8 Å². The number of fused-ring (bicyclic) bond motifs is 1. The predicted octanol–water partition coefficient (Wildman–Crippen LogP) is 4.62. The second-order valence-corrected chi connectivity index (χ2v) is 8.04. The summed E-state index contributed by atoms with van der Waals surface area (Å²) in [6, 6.07) is 12.3. The molecular formula is C21H21N5OS. The first-order chi connectivity index (χ1) is 13.5. The summed E-state index contributed by atoms with van der Waals surface area (Å²) in [5.41, 5.74) is 3.39. The first-order valence-corrected chi connectivity index (χ1v) is 9.98. The summed E-state index contributed by atoms with van der Waals surface area (Å²) in [5, 5.41) is 9.13. The summed E-state index contributed by atoms with van der Waals surface area (Å²) < 4.78 is 1.87. The summed E-state index contributed by atoms with van der Waals surface area (Å²) in [4.78, 5) is 22.4. The minimum absolute atomic E-state index is 0.160. The maximum atomic E-state index is 12.8. The van der Waals surface area contributed by atoms with Crippen LogP contribution in [0.4, 0.5) is 5.69 Å². The monoisotopic (exact) mass is 391 g/mol. The van der Waals surface area contributed by atoms with Gasteiger partial charge < -0.3 is 5.32 Å². The van der Waals surface area contributed by atoms with Crippen LogP contribution in [0, 0.1) is 6.92 Å². The standard InChI is InChI=1S/C21H21N5OS/c1-13(2)26-20-16(11-23-26)10-17(12-22-20)25-21(27)19-14(3)24-18(28-19)9-15-7-5-4-6-8-15/h4-8,10-13H,9H2,1-3H3,(H,25,27). The molecule has 0 unspecified atom stereocenters. The van der Waals surface area contributed by atoms with Crippen molar-refractivity contribution in [2.75, 3.05) is 5.32 Å². The van der Waals surface area contributed by atoms with Crippen LogP contribution in [0.2, 0.25) is 0 Å². The fourth-order valence-corrected chi connectivity index (χ4v) is 4.08. The number of nitrogens with zero attached hydrogens (tertiary/aromatic N) is 4. The van der Waals surface area contributed by atoms with E-state index in [0.717, 1.165) is 28.2 Å². The van der Waals surface area contributed by atoms with Crippen LogP contribution in [0.3, 0.4) is 0 Å². The Morgan fingerprint density at radius 1 is 1.21 bits per heavy atom. The highest BCUT2D eigenvalue weighted by Gasteiger charge is 2.16. The Hall–Kier alpha value is -3.06. The third-order valence-electron chi connectivity index (χ3n) is 4.43. The van der Waals surface area contributed by atoms with Gasteiger partial charge in [-0.25, -0.2) is 14.6 Å². The third kappa shape index (κ3) is 3.66. The van der Waals surface area contributed by atoms with E-state index in [1.807, 2.05) is 35.9 Å². The summed E-state index contributed by atoms with van der Waals surface area (Å²) in [5.74, 6) is -0.160. The Bertz CT molecular complexity index is 1130. The number of amides is 1. The van der Waals surface area contributed by atoms with E-state index in [1.54, 1.807) is 12.4 Å². The lowest BCUT2D eigenvalue weighted by atomic mass is 10.2. The average molecular weight is 392 g/mol. The number of aromatic nitrogens is 4. The van der Waals surface area contributed by atoms with Gasteiger partial charge in [0.15, 0.2) is 5.65 Å². The molecule has 28 heavy (non-hydrogen) atoms. The minimum Gasteiger partial charge on any atom is -0.320 e. The lowest BCUT2D eigenvalue weighted by Crippen LogP contribution is -2.12. The molecule has 4 rings (SSSR count). The smallest absolute Gasteiger partial charge is 0.267 e. The van der Waals surface area contributed by atoms with E-state index in [9.17, 15) is 4.79 Å². The van der Waals surface area contributed by atoms with Gasteiger partial charge in [0, 0.05) is 17.8 Å². The number of rotatable bonds is 5. The van der Waals surface area contributed by atoms with E-state index in [-0.39, 0.29) is 11.9 Å². The molecule has 0 aliphatic carbocycles. The van der Waals surface area contributed by atoms with E-state index in [2.05, 4.69) is 46.4 Å². The highest BCUT2D eigenvalue weighted by molar-refractivity contribution is 7.14. The van der Waals surface area contributed by atoms with E-state index < -0.39 is 0 Å². The zero-order valence-electron chi connectivity index (χ0n) is 16.0. The van der Waals surface area contributed by atoms with Gasteiger partial charge in [0.1, 0.15) is 4.88 Å². The molecular weight excluding hydrogens is 370 g/mol. The molecule has 0 aliphatic rings. The lowest BCUT2D eigenvalue weighted by molar-refractivity contribution is 0.103. The lowest BCUT2D eigenvalue weighted by Gasteiger charge is -2.07. The Labute approximate surface area is 167 Å². The number of nitrogens with one attached hydrogen (secondary N) is 1. The van der Waals surface area contributed by atoms with Crippen molar-refractivity contribution in [3.63, 3.8) is 0 Å². The van der Waals surface area contributed by atoms with Gasteiger partial charge in [-0.15, -0.1) is 11.3 Å². The summed E-state index contributed by atoms with van der Waals surface area (Å²) in [7, 11) is 0. The van der Waals surface area contributed by atoms with Crippen LogP contribution in [0.15, 0.2) is 48.8 Å². The van der Waals surface area contributed by atoms with Gasteiger partial charge in [-0.2, -0.15) is 5.10 Å². The SMILES string of the molecule is Cc1nc(Cc2ccccc2)sc1C(=O)Nc1cnc2c(cnn2C(C)C)c1. The van der Waals surface area contributed by atoms with Gasteiger partial charge in [-0.05, 0) is 32.4 Å². The van der Waals surface area contributed by atoms with Gasteiger partial charge in [0.25, 0.3) is 5.91 Å². The second-order valence-electron chi connectivity index (χ2n) is 6.96. The number of hydrogen-bond acceptors (Lipinski definition) is 5. The van der Waals surface area contributed by atoms with Gasteiger partial charge in [-0.3, -0.25) is 4.79 Å². The maximum absolute atomic E-state index is 12.8. The average Bonchev–Trinajstić information content (AvgIpc) is 3.25. The van der Waals surface area contributed by atoms with Crippen molar-refractivity contribution >= 4 is 34.0 Å². The van der Waals surface area contributed by atoms with Crippen molar-refractivity contribution in [1.82, 2.24) is 19.7 Å². The van der Waals surface area contributed by atoms with Crippen molar-refractivity contribution in [1.29, 1.82) is 0 Å². The minimum atomic E-state index is -0.160. The Morgan fingerprint density at radius 3 is 2.75 bits per heavy atom. The molecule has 6 nitrogen and oxygen atoms in total. The van der Waals surface area contributed by atoms with Gasteiger partial charge in [0.2, 0.25) is 0 Å². The molecule has 1 aromatic carbocycles. The Kier molecular flexibility index (Phi) is 4.92. The van der Waals surface area contributed by atoms with E-state index in [4.69, 9.17) is 0 Å². The van der Waals surface area contributed by atoms with Crippen molar-refractivity contribution in [3.05, 3.63) is 69.9 Å². The van der Waals surface area contributed by atoms with Crippen LogP contribution in [0.5, 0.6) is 0 Å². The van der Waals surface area contributed by atoms with Crippen molar-refractivity contribution in [3.8, 4) is 0 Å². The van der Waals surface area contributed by atoms with Crippen LogP contribution < -0.4 is 5.32 Å². The van der Waals surface area contributed by atoms with Crippen molar-refractivity contribution < 1.29 is 4.79 Å². The molecule has 0 radical (unpaired) electrons. The number of anilines is 1. The molecule has 3 aromatic heterocycles. The number of carbonyl (C=O) groups excluding carboxylic acids is 1. The highest BCUT2D eigenvalue weighted by Crippen LogP contribution is 2.23. The summed E-state index contributed by atoms with van der Waals surface area (Å²) >= 11 is 1.43. The molecule has 7 heteroatoms. The van der Waals surface area contributed by atoms with Gasteiger partial charge >= 0.3 is 0 Å². The quantitative estimate of drug-likeness (QED) is 0.539. The number of thiazole rings is 1. The molecule has 0 spiro atoms. The molecule has 0 bridgehead atoms. The number of aryl methyl sites for hydroxylation is 1. The van der Waals surface area contributed by atoms with Crippen LogP contribution in [0.25, 0.3) is 11.0 Å². The zero-order chi connectivity index (χ0) is 19.7. The molecule has 0 aliphatic heterocycles. The number of hydrogen-bond donors (Lipinski definition) is 1. The number of carbonyl (C=O) groups is 1. The molecule has 0 fully saturated rings. The van der Waals surface area contributed by atoms with Gasteiger partial charge in [-0.1, -0.05) is 30.3 Å². The number of pyridine rings is 1. The fraction of sp³-hybridized carbons (Fsp3) is 0.238. The fourth-order valence-electron chi connectivity index (χ4n) is 3.08. The largest absolute Gasteiger partial charge is 0.320 e. The zero-order valence-corrected chi connectivity index (χ0v) is 16.8. The second kappa shape index (κ2) is 7.52. The predicted molar refractivity (Wildman–Crippen MR) is 112 cm³/mol. The third-order valence-corrected chi connectivity index (χ3v) is 5.58. The molecule has 142 valence electrons. The van der Waals surface area contributed by atoms with Crippen molar-refractivity contribution in [2.45, 2.75) is 33.2 Å². The number of benzene rings is 1. The highest BCUT2D eigenvalue weighted by atomic mass is 32.1. The first-order valence-electron chi connectivity index (χ1n) is 9.16. The Balaban J connectivity index is 1.53. The van der Waals surface area contributed by atoms with Crippen LogP contribution in [-0.4, -0.2) is 25.7 Å². The molecule has 4 aromatic rings. The van der Waals surface area contributed by atoms with E-state index in [0.29, 0.717) is 10.6 Å². The van der Waals surface area contributed by atoms with Crippen LogP contribution in [0.1, 0.15) is 45.8 Å². The normalized spacial score (nSPS) is 11.3. The molecule has 1 amide bonds. The van der Waals surface area contributed by atoms with E-state index >= 15 is 0 Å². The molecule has 0 atom stereocenters. The topological polar surface area (TPSA) is 72.7 Å². The molecule has 0 saturated carbocycles. The molecule has 3 heterocycles. The molecule has 1 N–H and O–H groups in total.